The van der Waals surface area contributed by atoms with Crippen molar-refractivity contribution in [3.8, 4) is 0 Å². The number of pyridine rings is 1. The van der Waals surface area contributed by atoms with Crippen molar-refractivity contribution in [1.29, 1.82) is 0 Å². The number of anilines is 1. The van der Waals surface area contributed by atoms with Crippen LogP contribution < -0.4 is 10.9 Å². The molecule has 4 rings (SSSR count). The Balaban J connectivity index is 1.53. The molecular formula is C19H21N3OS. The van der Waals surface area contributed by atoms with Crippen molar-refractivity contribution in [1.82, 2.24) is 9.47 Å². The molecule has 0 spiro atoms. The Kier molecular flexibility index (Phi) is 3.88. The highest BCUT2D eigenvalue weighted by molar-refractivity contribution is 7.80. The number of fused-ring (bicyclic) bond motifs is 4. The molecule has 1 aromatic carbocycles. The summed E-state index contributed by atoms with van der Waals surface area (Å²) in [6, 6.07) is 13.9. The van der Waals surface area contributed by atoms with Gasteiger partial charge in [-0.3, -0.25) is 4.79 Å². The summed E-state index contributed by atoms with van der Waals surface area (Å²) in [7, 11) is 0. The van der Waals surface area contributed by atoms with Crippen LogP contribution in [0.15, 0.2) is 47.3 Å². The van der Waals surface area contributed by atoms with Crippen LogP contribution in [-0.4, -0.2) is 27.7 Å². The summed E-state index contributed by atoms with van der Waals surface area (Å²) in [5.74, 6) is 0.859. The molecule has 1 N–H and O–H groups in total. The fourth-order valence-corrected chi connectivity index (χ4v) is 4.25. The van der Waals surface area contributed by atoms with Crippen molar-refractivity contribution >= 4 is 23.0 Å². The maximum atomic E-state index is 12.1. The summed E-state index contributed by atoms with van der Waals surface area (Å²) in [4.78, 5) is 14.4. The molecular weight excluding hydrogens is 318 g/mol. The summed E-state index contributed by atoms with van der Waals surface area (Å²) < 4.78 is 1.95. The van der Waals surface area contributed by atoms with E-state index in [1.807, 2.05) is 22.8 Å². The van der Waals surface area contributed by atoms with Crippen LogP contribution in [0.3, 0.4) is 0 Å². The van der Waals surface area contributed by atoms with Gasteiger partial charge in [0.1, 0.15) is 0 Å². The fourth-order valence-electron chi connectivity index (χ4n) is 3.99. The predicted molar refractivity (Wildman–Crippen MR) is 101 cm³/mol. The van der Waals surface area contributed by atoms with E-state index in [2.05, 4.69) is 35.3 Å². The number of hydrogen-bond acceptors (Lipinski definition) is 2. The Morgan fingerprint density at radius 3 is 2.83 bits per heavy atom. The van der Waals surface area contributed by atoms with Crippen molar-refractivity contribution < 1.29 is 0 Å². The van der Waals surface area contributed by atoms with Crippen LogP contribution >= 0.6 is 12.2 Å². The van der Waals surface area contributed by atoms with Gasteiger partial charge in [-0.25, -0.2) is 0 Å². The van der Waals surface area contributed by atoms with Gasteiger partial charge in [0.2, 0.25) is 0 Å². The number of benzene rings is 1. The Hall–Kier alpha value is -2.14. The molecule has 2 bridgehead atoms. The van der Waals surface area contributed by atoms with Crippen molar-refractivity contribution in [3.05, 3.63) is 64.1 Å². The van der Waals surface area contributed by atoms with E-state index in [0.717, 1.165) is 42.5 Å². The zero-order chi connectivity index (χ0) is 16.7. The number of hydrogen-bond donors (Lipinski definition) is 1. The smallest absolute Gasteiger partial charge is 0.250 e. The quantitative estimate of drug-likeness (QED) is 0.811. The standard InChI is InChI=1S/C19H21N3OS/c1-13-4-2-5-16(8-13)20-19(24)21-10-14-9-15(12-21)17-6-3-7-18(23)22(17)11-14/h2-8,14-15H,9-12H2,1H3,(H,20,24). The summed E-state index contributed by atoms with van der Waals surface area (Å²) in [6.45, 7) is 4.66. The van der Waals surface area contributed by atoms with E-state index in [1.165, 1.54) is 5.56 Å². The van der Waals surface area contributed by atoms with Crippen LogP contribution in [0, 0.1) is 12.8 Å². The molecule has 1 fully saturated rings. The highest BCUT2D eigenvalue weighted by Crippen LogP contribution is 2.35. The second-order valence-electron chi connectivity index (χ2n) is 6.90. The summed E-state index contributed by atoms with van der Waals surface area (Å²) >= 11 is 5.65. The second kappa shape index (κ2) is 6.06. The van der Waals surface area contributed by atoms with Gasteiger partial charge in [0.15, 0.2) is 5.11 Å². The largest absolute Gasteiger partial charge is 0.348 e. The molecule has 2 aliphatic heterocycles. The number of nitrogens with one attached hydrogen (secondary N) is 1. The molecule has 2 aromatic rings. The topological polar surface area (TPSA) is 37.3 Å². The highest BCUT2D eigenvalue weighted by Gasteiger charge is 2.35. The minimum absolute atomic E-state index is 0.121. The molecule has 0 aliphatic carbocycles. The maximum absolute atomic E-state index is 12.1. The fraction of sp³-hybridized carbons (Fsp3) is 0.368. The van der Waals surface area contributed by atoms with Gasteiger partial charge in [0, 0.05) is 43.0 Å². The van der Waals surface area contributed by atoms with Crippen LogP contribution in [-0.2, 0) is 6.54 Å². The van der Waals surface area contributed by atoms with Gasteiger partial charge in [-0.15, -0.1) is 0 Å². The first-order valence-electron chi connectivity index (χ1n) is 8.42. The van der Waals surface area contributed by atoms with Crippen LogP contribution in [0.1, 0.15) is 23.6 Å². The van der Waals surface area contributed by atoms with Crippen LogP contribution in [0.4, 0.5) is 5.69 Å². The summed E-state index contributed by atoms with van der Waals surface area (Å²) in [6.07, 6.45) is 1.15. The average molecular weight is 339 g/mol. The Morgan fingerprint density at radius 2 is 2.00 bits per heavy atom. The molecule has 1 aromatic heterocycles. The van der Waals surface area contributed by atoms with E-state index in [0.29, 0.717) is 11.8 Å². The van der Waals surface area contributed by atoms with E-state index >= 15 is 0 Å². The lowest BCUT2D eigenvalue weighted by Gasteiger charge is -2.43. The Labute approximate surface area is 147 Å². The third kappa shape index (κ3) is 2.84. The first-order chi connectivity index (χ1) is 11.6. The minimum atomic E-state index is 0.121. The molecule has 2 atom stereocenters. The summed E-state index contributed by atoms with van der Waals surface area (Å²) in [5, 5.41) is 4.15. The molecule has 0 saturated carbocycles. The molecule has 1 saturated heterocycles. The van der Waals surface area contributed by atoms with E-state index in [-0.39, 0.29) is 5.56 Å². The van der Waals surface area contributed by atoms with Gasteiger partial charge < -0.3 is 14.8 Å². The van der Waals surface area contributed by atoms with Crippen molar-refractivity contribution in [2.75, 3.05) is 18.4 Å². The van der Waals surface area contributed by atoms with Gasteiger partial charge in [-0.2, -0.15) is 0 Å². The molecule has 2 aliphatic rings. The zero-order valence-electron chi connectivity index (χ0n) is 13.7. The normalized spacial score (nSPS) is 22.0. The molecule has 4 nitrogen and oxygen atoms in total. The molecule has 0 radical (unpaired) electrons. The van der Waals surface area contributed by atoms with Gasteiger partial charge in [-0.1, -0.05) is 18.2 Å². The van der Waals surface area contributed by atoms with E-state index in [1.54, 1.807) is 6.07 Å². The number of thiocarbonyl (C=S) groups is 1. The predicted octanol–water partition coefficient (Wildman–Crippen LogP) is 2.97. The molecule has 2 unspecified atom stereocenters. The van der Waals surface area contributed by atoms with Gasteiger partial charge in [0.25, 0.3) is 5.56 Å². The maximum Gasteiger partial charge on any atom is 0.250 e. The number of aromatic nitrogens is 1. The zero-order valence-corrected chi connectivity index (χ0v) is 14.6. The third-order valence-corrected chi connectivity index (χ3v) is 5.40. The van der Waals surface area contributed by atoms with Crippen LogP contribution in [0.2, 0.25) is 0 Å². The number of nitrogens with zero attached hydrogens (tertiary/aromatic N) is 2. The SMILES string of the molecule is Cc1cccc(NC(=S)N2CC3CC(C2)c2cccc(=O)n2C3)c1. The number of rotatable bonds is 1. The van der Waals surface area contributed by atoms with Crippen LogP contribution in [0.25, 0.3) is 0 Å². The van der Waals surface area contributed by atoms with E-state index < -0.39 is 0 Å². The van der Waals surface area contributed by atoms with Crippen molar-refractivity contribution in [3.63, 3.8) is 0 Å². The lowest BCUT2D eigenvalue weighted by Crippen LogP contribution is -2.50. The number of likely N-dealkylation sites (tertiary alicyclic amines) is 1. The lowest BCUT2D eigenvalue weighted by atomic mass is 9.83. The van der Waals surface area contributed by atoms with Gasteiger partial charge >= 0.3 is 0 Å². The third-order valence-electron chi connectivity index (χ3n) is 5.04. The van der Waals surface area contributed by atoms with Crippen molar-refractivity contribution in [2.45, 2.75) is 25.8 Å². The van der Waals surface area contributed by atoms with Crippen LogP contribution in [0.5, 0.6) is 0 Å². The molecule has 124 valence electrons. The number of piperidine rings is 1. The minimum Gasteiger partial charge on any atom is -0.348 e. The highest BCUT2D eigenvalue weighted by atomic mass is 32.1. The van der Waals surface area contributed by atoms with Crippen molar-refractivity contribution in [2.24, 2.45) is 5.92 Å². The molecule has 3 heterocycles. The Morgan fingerprint density at radius 1 is 1.17 bits per heavy atom. The van der Waals surface area contributed by atoms with Gasteiger partial charge in [0.05, 0.1) is 0 Å². The Bertz CT molecular complexity index is 845. The second-order valence-corrected chi connectivity index (χ2v) is 7.29. The molecule has 0 amide bonds. The first kappa shape index (κ1) is 15.4. The number of aryl methyl sites for hydroxylation is 1. The monoisotopic (exact) mass is 339 g/mol. The van der Waals surface area contributed by atoms with E-state index in [4.69, 9.17) is 12.2 Å². The average Bonchev–Trinajstić information content (AvgIpc) is 2.56. The molecule has 5 heteroatoms. The lowest BCUT2D eigenvalue weighted by molar-refractivity contribution is 0.180. The summed E-state index contributed by atoms with van der Waals surface area (Å²) in [5.41, 5.74) is 3.52. The van der Waals surface area contributed by atoms with Gasteiger partial charge in [-0.05, 0) is 55.2 Å². The molecule has 24 heavy (non-hydrogen) atoms. The first-order valence-corrected chi connectivity index (χ1v) is 8.83. The van der Waals surface area contributed by atoms with E-state index in [9.17, 15) is 4.79 Å².